The standard InChI is InChI=1S/C12H14O4.C10H20O/c1-3-7-5-6-9(11(13)14)10(12(15)16)8(7)4-2;1-3-5-7-9-10(11)8-6-4-2/h5-6H,3-4H2,1-2H3,(H,13,14)(H,15,16);3-9H2,1-2H3. The van der Waals surface area contributed by atoms with E-state index in [2.05, 4.69) is 13.8 Å². The molecule has 0 saturated carbocycles. The molecule has 152 valence electrons. The molecule has 0 radical (unpaired) electrons. The van der Waals surface area contributed by atoms with Gasteiger partial charge in [0.1, 0.15) is 5.78 Å². The Morgan fingerprint density at radius 3 is 1.81 bits per heavy atom. The van der Waals surface area contributed by atoms with Crippen LogP contribution in [-0.2, 0) is 17.6 Å². The van der Waals surface area contributed by atoms with Gasteiger partial charge in [-0.1, -0.05) is 53.0 Å². The summed E-state index contributed by atoms with van der Waals surface area (Å²) in [5.74, 6) is -1.92. The molecular weight excluding hydrogens is 344 g/mol. The molecule has 0 heterocycles. The number of benzene rings is 1. The van der Waals surface area contributed by atoms with Gasteiger partial charge >= 0.3 is 11.9 Å². The van der Waals surface area contributed by atoms with E-state index < -0.39 is 11.9 Å². The molecule has 0 bridgehead atoms. The molecule has 0 saturated heterocycles. The lowest BCUT2D eigenvalue weighted by molar-refractivity contribution is -0.119. The van der Waals surface area contributed by atoms with Crippen LogP contribution >= 0.6 is 0 Å². The summed E-state index contributed by atoms with van der Waals surface area (Å²) in [5, 5.41) is 18.0. The second-order valence-electron chi connectivity index (χ2n) is 6.54. The molecule has 0 aliphatic carbocycles. The average Bonchev–Trinajstić information content (AvgIpc) is 2.65. The fraction of sp³-hybridized carbons (Fsp3) is 0.591. The summed E-state index contributed by atoms with van der Waals surface area (Å²) in [7, 11) is 0. The minimum Gasteiger partial charge on any atom is -0.478 e. The number of carboxylic acid groups (broad SMARTS) is 2. The molecule has 0 aromatic heterocycles. The van der Waals surface area contributed by atoms with E-state index in [9.17, 15) is 14.4 Å². The SMILES string of the molecule is CCCCCC(=O)CCCC.CCc1ccc(C(=O)O)c(C(=O)O)c1CC. The van der Waals surface area contributed by atoms with Crippen LogP contribution < -0.4 is 0 Å². The van der Waals surface area contributed by atoms with Gasteiger partial charge in [-0.05, 0) is 42.9 Å². The van der Waals surface area contributed by atoms with Crippen molar-refractivity contribution in [1.29, 1.82) is 0 Å². The van der Waals surface area contributed by atoms with Crippen molar-refractivity contribution < 1.29 is 24.6 Å². The normalized spacial score (nSPS) is 10.1. The van der Waals surface area contributed by atoms with E-state index in [4.69, 9.17) is 10.2 Å². The molecule has 1 aromatic rings. The van der Waals surface area contributed by atoms with Crippen LogP contribution in [-0.4, -0.2) is 27.9 Å². The molecule has 2 N–H and O–H groups in total. The van der Waals surface area contributed by atoms with Gasteiger partial charge < -0.3 is 10.2 Å². The number of Topliss-reactive ketones (excluding diaryl/α,β-unsaturated/α-hetero) is 1. The maximum absolute atomic E-state index is 11.1. The predicted molar refractivity (Wildman–Crippen MR) is 108 cm³/mol. The molecule has 0 unspecified atom stereocenters. The molecule has 0 fully saturated rings. The van der Waals surface area contributed by atoms with Gasteiger partial charge in [0, 0.05) is 12.8 Å². The molecule has 1 aromatic carbocycles. The van der Waals surface area contributed by atoms with Crippen molar-refractivity contribution in [2.75, 3.05) is 0 Å². The molecule has 0 amide bonds. The molecule has 27 heavy (non-hydrogen) atoms. The number of unbranched alkanes of at least 4 members (excludes halogenated alkanes) is 3. The second kappa shape index (κ2) is 14.0. The van der Waals surface area contributed by atoms with Crippen molar-refractivity contribution in [2.24, 2.45) is 0 Å². The highest BCUT2D eigenvalue weighted by atomic mass is 16.4. The highest BCUT2D eigenvalue weighted by Gasteiger charge is 2.21. The molecule has 0 spiro atoms. The second-order valence-corrected chi connectivity index (χ2v) is 6.54. The van der Waals surface area contributed by atoms with E-state index in [-0.39, 0.29) is 11.1 Å². The Bertz CT molecular complexity index is 619. The highest BCUT2D eigenvalue weighted by Crippen LogP contribution is 2.21. The van der Waals surface area contributed by atoms with Gasteiger partial charge in [0.15, 0.2) is 0 Å². The van der Waals surface area contributed by atoms with Crippen LogP contribution in [0.3, 0.4) is 0 Å². The van der Waals surface area contributed by atoms with Crippen LogP contribution in [0.25, 0.3) is 0 Å². The molecule has 0 atom stereocenters. The van der Waals surface area contributed by atoms with E-state index in [0.717, 1.165) is 37.7 Å². The third kappa shape index (κ3) is 8.85. The third-order valence-corrected chi connectivity index (χ3v) is 4.46. The van der Waals surface area contributed by atoms with Crippen LogP contribution in [0.2, 0.25) is 0 Å². The van der Waals surface area contributed by atoms with Gasteiger partial charge in [-0.25, -0.2) is 9.59 Å². The quantitative estimate of drug-likeness (QED) is 0.494. The fourth-order valence-electron chi connectivity index (χ4n) is 2.92. The van der Waals surface area contributed by atoms with Crippen molar-refractivity contribution in [3.8, 4) is 0 Å². The number of rotatable bonds is 11. The van der Waals surface area contributed by atoms with Gasteiger partial charge in [-0.15, -0.1) is 0 Å². The number of carboxylic acids is 2. The van der Waals surface area contributed by atoms with Crippen LogP contribution in [0.15, 0.2) is 12.1 Å². The Balaban J connectivity index is 0.000000541. The summed E-state index contributed by atoms with van der Waals surface area (Å²) in [4.78, 5) is 33.1. The zero-order valence-electron chi connectivity index (χ0n) is 17.1. The van der Waals surface area contributed by atoms with Crippen LogP contribution in [0, 0.1) is 0 Å². The zero-order valence-corrected chi connectivity index (χ0v) is 17.1. The number of ketones is 1. The van der Waals surface area contributed by atoms with E-state index in [0.29, 0.717) is 24.2 Å². The van der Waals surface area contributed by atoms with Crippen LogP contribution in [0.4, 0.5) is 0 Å². The third-order valence-electron chi connectivity index (χ3n) is 4.46. The Morgan fingerprint density at radius 2 is 1.37 bits per heavy atom. The monoisotopic (exact) mass is 378 g/mol. The Hall–Kier alpha value is -2.17. The van der Waals surface area contributed by atoms with Gasteiger partial charge in [0.05, 0.1) is 11.1 Å². The van der Waals surface area contributed by atoms with Crippen LogP contribution in [0.1, 0.15) is 104 Å². The lowest BCUT2D eigenvalue weighted by Crippen LogP contribution is -2.13. The Labute approximate surface area is 162 Å². The molecule has 0 aliphatic heterocycles. The number of aromatic carboxylic acids is 2. The summed E-state index contributed by atoms with van der Waals surface area (Å²) in [6.07, 6.45) is 8.56. The first-order valence-corrected chi connectivity index (χ1v) is 9.96. The van der Waals surface area contributed by atoms with Crippen molar-refractivity contribution in [3.63, 3.8) is 0 Å². The minimum atomic E-state index is -1.20. The van der Waals surface area contributed by atoms with Gasteiger partial charge in [-0.3, -0.25) is 4.79 Å². The zero-order chi connectivity index (χ0) is 20.8. The maximum atomic E-state index is 11.1. The molecule has 1 rings (SSSR count). The van der Waals surface area contributed by atoms with Gasteiger partial charge in [0.2, 0.25) is 0 Å². The van der Waals surface area contributed by atoms with Crippen LogP contribution in [0.5, 0.6) is 0 Å². The fourth-order valence-corrected chi connectivity index (χ4v) is 2.92. The largest absolute Gasteiger partial charge is 0.478 e. The first kappa shape index (κ1) is 24.8. The highest BCUT2D eigenvalue weighted by molar-refractivity contribution is 6.03. The van der Waals surface area contributed by atoms with E-state index in [1.165, 1.54) is 18.9 Å². The van der Waals surface area contributed by atoms with Crippen molar-refractivity contribution in [3.05, 3.63) is 34.4 Å². The smallest absolute Gasteiger partial charge is 0.336 e. The van der Waals surface area contributed by atoms with E-state index >= 15 is 0 Å². The van der Waals surface area contributed by atoms with Gasteiger partial charge in [0.25, 0.3) is 0 Å². The summed E-state index contributed by atoms with van der Waals surface area (Å²) >= 11 is 0. The summed E-state index contributed by atoms with van der Waals surface area (Å²) in [6.45, 7) is 8.03. The van der Waals surface area contributed by atoms with Crippen molar-refractivity contribution in [1.82, 2.24) is 0 Å². The number of hydrogen-bond acceptors (Lipinski definition) is 3. The Kier molecular flexibility index (Phi) is 12.8. The summed E-state index contributed by atoms with van der Waals surface area (Å²) < 4.78 is 0. The first-order chi connectivity index (χ1) is 12.8. The van der Waals surface area contributed by atoms with E-state index in [1.807, 2.05) is 13.8 Å². The van der Waals surface area contributed by atoms with Crippen molar-refractivity contribution >= 4 is 17.7 Å². The molecule has 5 heteroatoms. The van der Waals surface area contributed by atoms with E-state index in [1.54, 1.807) is 6.07 Å². The number of aryl methyl sites for hydroxylation is 1. The van der Waals surface area contributed by atoms with Crippen molar-refractivity contribution in [2.45, 2.75) is 85.5 Å². The number of carbonyl (C=O) groups excluding carboxylic acids is 1. The molecule has 5 nitrogen and oxygen atoms in total. The lowest BCUT2D eigenvalue weighted by atomic mass is 9.93. The molecule has 0 aliphatic rings. The topological polar surface area (TPSA) is 91.7 Å². The average molecular weight is 379 g/mol. The number of carbonyl (C=O) groups is 3. The maximum Gasteiger partial charge on any atom is 0.336 e. The predicted octanol–water partition coefficient (Wildman–Crippen LogP) is 5.53. The lowest BCUT2D eigenvalue weighted by Gasteiger charge is -2.12. The minimum absolute atomic E-state index is 0.0747. The summed E-state index contributed by atoms with van der Waals surface area (Å²) in [6, 6.07) is 3.05. The molecular formula is C22H34O5. The first-order valence-electron chi connectivity index (χ1n) is 9.96. The Morgan fingerprint density at radius 1 is 0.778 bits per heavy atom. The number of hydrogen-bond donors (Lipinski definition) is 2. The summed E-state index contributed by atoms with van der Waals surface area (Å²) in [5.41, 5.74) is 1.30. The van der Waals surface area contributed by atoms with Gasteiger partial charge in [-0.2, -0.15) is 0 Å².